The molecule has 1 aliphatic rings. The lowest BCUT2D eigenvalue weighted by molar-refractivity contribution is 0.303. The van der Waals surface area contributed by atoms with E-state index >= 15 is 0 Å². The molecule has 0 aromatic heterocycles. The van der Waals surface area contributed by atoms with Gasteiger partial charge >= 0.3 is 0 Å². The van der Waals surface area contributed by atoms with Crippen molar-refractivity contribution < 1.29 is 0 Å². The van der Waals surface area contributed by atoms with E-state index in [4.69, 9.17) is 5.26 Å². The molecule has 86 valence electrons. The van der Waals surface area contributed by atoms with Crippen molar-refractivity contribution in [2.75, 3.05) is 20.1 Å². The van der Waals surface area contributed by atoms with Gasteiger partial charge in [-0.3, -0.25) is 5.32 Å². The van der Waals surface area contributed by atoms with E-state index in [0.717, 1.165) is 18.9 Å². The van der Waals surface area contributed by atoms with Crippen LogP contribution in [0.1, 0.15) is 33.1 Å². The molecule has 0 bridgehead atoms. The third-order valence-corrected chi connectivity index (χ3v) is 2.76. The number of nitrogens with zero attached hydrogens (tertiary/aromatic N) is 2. The van der Waals surface area contributed by atoms with E-state index < -0.39 is 0 Å². The smallest absolute Gasteiger partial charge is 0.0967 e. The average molecular weight is 209 g/mol. The second-order valence-corrected chi connectivity index (χ2v) is 5.00. The fourth-order valence-electron chi connectivity index (χ4n) is 1.77. The quantitative estimate of drug-likeness (QED) is 0.692. The molecule has 3 heteroatoms. The van der Waals surface area contributed by atoms with Crippen LogP contribution in [-0.2, 0) is 0 Å². The minimum Gasteiger partial charge on any atom is -0.306 e. The zero-order valence-electron chi connectivity index (χ0n) is 10.2. The zero-order chi connectivity index (χ0) is 11.3. The van der Waals surface area contributed by atoms with Crippen LogP contribution in [0.3, 0.4) is 0 Å². The van der Waals surface area contributed by atoms with Crippen LogP contribution in [-0.4, -0.2) is 37.1 Å². The highest BCUT2D eigenvalue weighted by Gasteiger charge is 2.22. The second kappa shape index (κ2) is 6.09. The normalized spacial score (nSPS) is 18.1. The van der Waals surface area contributed by atoms with Gasteiger partial charge in [-0.25, -0.2) is 0 Å². The summed E-state index contributed by atoms with van der Waals surface area (Å²) >= 11 is 0. The first-order valence-corrected chi connectivity index (χ1v) is 5.96. The minimum atomic E-state index is 0.00616. The molecule has 1 saturated carbocycles. The summed E-state index contributed by atoms with van der Waals surface area (Å²) in [7, 11) is 2.15. The maximum Gasteiger partial charge on any atom is 0.0967 e. The average Bonchev–Trinajstić information content (AvgIpc) is 2.95. The predicted molar refractivity (Wildman–Crippen MR) is 62.5 cm³/mol. The SMILES string of the molecule is CC(C)NC(C#N)CCN(C)CC1CC1. The van der Waals surface area contributed by atoms with Crippen LogP contribution in [0.15, 0.2) is 0 Å². The zero-order valence-corrected chi connectivity index (χ0v) is 10.2. The van der Waals surface area contributed by atoms with E-state index in [9.17, 15) is 0 Å². The van der Waals surface area contributed by atoms with Crippen molar-refractivity contribution >= 4 is 0 Å². The highest BCUT2D eigenvalue weighted by Crippen LogP contribution is 2.29. The molecule has 3 nitrogen and oxygen atoms in total. The largest absolute Gasteiger partial charge is 0.306 e. The van der Waals surface area contributed by atoms with Crippen molar-refractivity contribution in [2.24, 2.45) is 5.92 Å². The fraction of sp³-hybridized carbons (Fsp3) is 0.917. The van der Waals surface area contributed by atoms with E-state index in [1.165, 1.54) is 19.4 Å². The van der Waals surface area contributed by atoms with Crippen molar-refractivity contribution in [1.82, 2.24) is 10.2 Å². The molecule has 0 aliphatic heterocycles. The molecule has 0 aromatic rings. The van der Waals surface area contributed by atoms with Crippen molar-refractivity contribution in [3.63, 3.8) is 0 Å². The van der Waals surface area contributed by atoms with Gasteiger partial charge < -0.3 is 4.90 Å². The molecule has 1 N–H and O–H groups in total. The van der Waals surface area contributed by atoms with Crippen LogP contribution in [0.25, 0.3) is 0 Å². The van der Waals surface area contributed by atoms with Crippen molar-refractivity contribution in [3.05, 3.63) is 0 Å². The third kappa shape index (κ3) is 5.76. The summed E-state index contributed by atoms with van der Waals surface area (Å²) < 4.78 is 0. The van der Waals surface area contributed by atoms with E-state index in [1.807, 2.05) is 0 Å². The Morgan fingerprint density at radius 3 is 2.60 bits per heavy atom. The molecule has 1 unspecified atom stereocenters. The summed E-state index contributed by atoms with van der Waals surface area (Å²) in [5.74, 6) is 0.939. The van der Waals surface area contributed by atoms with Gasteiger partial charge in [0.15, 0.2) is 0 Å². The maximum absolute atomic E-state index is 8.95. The van der Waals surface area contributed by atoms with Gasteiger partial charge in [0.1, 0.15) is 0 Å². The van der Waals surface area contributed by atoms with Crippen molar-refractivity contribution in [1.29, 1.82) is 5.26 Å². The van der Waals surface area contributed by atoms with Gasteiger partial charge in [-0.2, -0.15) is 5.26 Å². The number of hydrogen-bond donors (Lipinski definition) is 1. The summed E-state index contributed by atoms with van der Waals surface area (Å²) in [6.07, 6.45) is 3.73. The summed E-state index contributed by atoms with van der Waals surface area (Å²) in [4.78, 5) is 2.35. The molecule has 0 spiro atoms. The lowest BCUT2D eigenvalue weighted by Gasteiger charge is -2.19. The Balaban J connectivity index is 2.12. The van der Waals surface area contributed by atoms with Crippen LogP contribution in [0.4, 0.5) is 0 Å². The molecule has 1 atom stereocenters. The Hall–Kier alpha value is -0.590. The molecule has 0 saturated heterocycles. The van der Waals surface area contributed by atoms with Crippen LogP contribution >= 0.6 is 0 Å². The molecule has 1 rings (SSSR count). The number of rotatable bonds is 7. The maximum atomic E-state index is 8.95. The van der Waals surface area contributed by atoms with E-state index in [0.29, 0.717) is 6.04 Å². The standard InChI is InChI=1S/C12H23N3/c1-10(2)14-12(8-13)6-7-15(3)9-11-4-5-11/h10-12,14H,4-7,9H2,1-3H3. The number of nitriles is 1. The van der Waals surface area contributed by atoms with Crippen LogP contribution in [0.2, 0.25) is 0 Å². The first-order valence-electron chi connectivity index (χ1n) is 5.96. The van der Waals surface area contributed by atoms with Crippen LogP contribution < -0.4 is 5.32 Å². The number of hydrogen-bond acceptors (Lipinski definition) is 3. The Bertz CT molecular complexity index is 215. The summed E-state index contributed by atoms with van der Waals surface area (Å²) in [5.41, 5.74) is 0. The summed E-state index contributed by atoms with van der Waals surface area (Å²) in [6.45, 7) is 6.39. The predicted octanol–water partition coefficient (Wildman–Crippen LogP) is 1.61. The Labute approximate surface area is 93.5 Å². The molecule has 1 aliphatic carbocycles. The van der Waals surface area contributed by atoms with Crippen LogP contribution in [0, 0.1) is 17.2 Å². The van der Waals surface area contributed by atoms with Gasteiger partial charge in [0.05, 0.1) is 12.1 Å². The summed E-state index contributed by atoms with van der Waals surface area (Å²) in [6, 6.07) is 2.72. The van der Waals surface area contributed by atoms with Gasteiger partial charge in [0.25, 0.3) is 0 Å². The number of nitrogens with one attached hydrogen (secondary N) is 1. The molecule has 0 heterocycles. The first kappa shape index (κ1) is 12.5. The van der Waals surface area contributed by atoms with Gasteiger partial charge in [-0.05, 0) is 46.1 Å². The Morgan fingerprint density at radius 2 is 2.13 bits per heavy atom. The second-order valence-electron chi connectivity index (χ2n) is 5.00. The van der Waals surface area contributed by atoms with Crippen molar-refractivity contribution in [3.8, 4) is 6.07 Å². The van der Waals surface area contributed by atoms with Gasteiger partial charge in [-0.15, -0.1) is 0 Å². The monoisotopic (exact) mass is 209 g/mol. The minimum absolute atomic E-state index is 0.00616. The molecule has 1 fully saturated rings. The lowest BCUT2D eigenvalue weighted by Crippen LogP contribution is -2.36. The highest BCUT2D eigenvalue weighted by atomic mass is 15.1. The third-order valence-electron chi connectivity index (χ3n) is 2.76. The molecule has 0 amide bonds. The van der Waals surface area contributed by atoms with Crippen LogP contribution in [0.5, 0.6) is 0 Å². The molecule has 0 aromatic carbocycles. The van der Waals surface area contributed by atoms with Crippen molar-refractivity contribution in [2.45, 2.75) is 45.2 Å². The Morgan fingerprint density at radius 1 is 1.47 bits per heavy atom. The molecule has 0 radical (unpaired) electrons. The van der Waals surface area contributed by atoms with E-state index in [1.54, 1.807) is 0 Å². The molecular weight excluding hydrogens is 186 g/mol. The topological polar surface area (TPSA) is 39.1 Å². The van der Waals surface area contributed by atoms with E-state index in [-0.39, 0.29) is 6.04 Å². The first-order chi connectivity index (χ1) is 7.11. The highest BCUT2D eigenvalue weighted by molar-refractivity contribution is 4.91. The lowest BCUT2D eigenvalue weighted by atomic mass is 10.2. The van der Waals surface area contributed by atoms with Gasteiger partial charge in [-0.1, -0.05) is 0 Å². The molecular formula is C12H23N3. The fourth-order valence-corrected chi connectivity index (χ4v) is 1.77. The summed E-state index contributed by atoms with van der Waals surface area (Å²) in [5, 5.41) is 12.2. The van der Waals surface area contributed by atoms with Gasteiger partial charge in [0, 0.05) is 19.1 Å². The van der Waals surface area contributed by atoms with E-state index in [2.05, 4.69) is 37.2 Å². The molecule has 15 heavy (non-hydrogen) atoms. The Kier molecular flexibility index (Phi) is 5.07. The van der Waals surface area contributed by atoms with Gasteiger partial charge in [0.2, 0.25) is 0 Å².